The first-order chi connectivity index (χ1) is 5.11. The van der Waals surface area contributed by atoms with Crippen molar-refractivity contribution in [3.63, 3.8) is 0 Å². The standard InChI is InChI=1S/C11H22/c1-11(2,3)10-8-6-4-5-7-9-10/h10H,4-9H2,1-3H3. The van der Waals surface area contributed by atoms with Crippen molar-refractivity contribution in [2.24, 2.45) is 11.3 Å². The minimum atomic E-state index is 0.560. The van der Waals surface area contributed by atoms with Crippen LogP contribution in [0.1, 0.15) is 59.3 Å². The molecule has 0 aromatic rings. The summed E-state index contributed by atoms with van der Waals surface area (Å²) in [5, 5.41) is 0. The molecule has 11 heavy (non-hydrogen) atoms. The third-order valence-electron chi connectivity index (χ3n) is 3.08. The number of hydrogen-bond donors (Lipinski definition) is 0. The van der Waals surface area contributed by atoms with Gasteiger partial charge in [-0.3, -0.25) is 0 Å². The molecule has 0 bridgehead atoms. The Balaban J connectivity index is 2.43. The molecule has 0 N–H and O–H groups in total. The van der Waals surface area contributed by atoms with Crippen molar-refractivity contribution in [2.45, 2.75) is 59.3 Å². The summed E-state index contributed by atoms with van der Waals surface area (Å²) in [6.45, 7) is 7.18. The van der Waals surface area contributed by atoms with Crippen LogP contribution in [0, 0.1) is 11.3 Å². The van der Waals surface area contributed by atoms with Gasteiger partial charge in [0.1, 0.15) is 0 Å². The van der Waals surface area contributed by atoms with E-state index in [1.807, 2.05) is 0 Å². The molecule has 0 aromatic carbocycles. The third kappa shape index (κ3) is 2.84. The first-order valence-corrected chi connectivity index (χ1v) is 5.11. The Bertz CT molecular complexity index is 99.7. The molecule has 1 aliphatic carbocycles. The molecule has 1 rings (SSSR count). The van der Waals surface area contributed by atoms with Gasteiger partial charge in [0.15, 0.2) is 0 Å². The van der Waals surface area contributed by atoms with Crippen molar-refractivity contribution >= 4 is 0 Å². The summed E-state index contributed by atoms with van der Waals surface area (Å²) in [7, 11) is 0. The first-order valence-electron chi connectivity index (χ1n) is 5.11. The maximum atomic E-state index is 2.39. The van der Waals surface area contributed by atoms with Crippen LogP contribution in [0.5, 0.6) is 0 Å². The van der Waals surface area contributed by atoms with E-state index in [0.717, 1.165) is 5.92 Å². The van der Waals surface area contributed by atoms with Crippen LogP contribution < -0.4 is 0 Å². The second-order valence-corrected chi connectivity index (χ2v) is 5.05. The lowest BCUT2D eigenvalue weighted by atomic mass is 9.76. The van der Waals surface area contributed by atoms with E-state index in [-0.39, 0.29) is 0 Å². The molecular weight excluding hydrogens is 132 g/mol. The zero-order valence-corrected chi connectivity index (χ0v) is 8.32. The maximum absolute atomic E-state index is 2.39. The van der Waals surface area contributed by atoms with Gasteiger partial charge in [-0.1, -0.05) is 46.5 Å². The van der Waals surface area contributed by atoms with Crippen LogP contribution >= 0.6 is 0 Å². The van der Waals surface area contributed by atoms with Gasteiger partial charge in [0.2, 0.25) is 0 Å². The normalized spacial score (nSPS) is 23.2. The minimum Gasteiger partial charge on any atom is -0.0599 e. The first kappa shape index (κ1) is 9.09. The summed E-state index contributed by atoms with van der Waals surface area (Å²) in [6, 6.07) is 0. The summed E-state index contributed by atoms with van der Waals surface area (Å²) in [4.78, 5) is 0. The van der Waals surface area contributed by atoms with E-state index in [0.29, 0.717) is 5.41 Å². The zero-order valence-electron chi connectivity index (χ0n) is 8.32. The van der Waals surface area contributed by atoms with Crippen LogP contribution in [0.3, 0.4) is 0 Å². The fraction of sp³-hybridized carbons (Fsp3) is 1.00. The molecule has 0 amide bonds. The highest BCUT2D eigenvalue weighted by molar-refractivity contribution is 4.75. The second-order valence-electron chi connectivity index (χ2n) is 5.05. The maximum Gasteiger partial charge on any atom is -0.0354 e. The van der Waals surface area contributed by atoms with Crippen LogP contribution in [0.4, 0.5) is 0 Å². The zero-order chi connectivity index (χ0) is 8.32. The van der Waals surface area contributed by atoms with Crippen LogP contribution in [0.25, 0.3) is 0 Å². The Morgan fingerprint density at radius 1 is 0.818 bits per heavy atom. The Hall–Kier alpha value is 0. The van der Waals surface area contributed by atoms with Crippen LogP contribution in [-0.2, 0) is 0 Å². The average molecular weight is 154 g/mol. The van der Waals surface area contributed by atoms with Crippen molar-refractivity contribution in [3.05, 3.63) is 0 Å². The monoisotopic (exact) mass is 154 g/mol. The van der Waals surface area contributed by atoms with Gasteiger partial charge in [0.25, 0.3) is 0 Å². The molecule has 66 valence electrons. The molecule has 0 aliphatic heterocycles. The van der Waals surface area contributed by atoms with E-state index in [1.54, 1.807) is 0 Å². The van der Waals surface area contributed by atoms with Gasteiger partial charge in [-0.2, -0.15) is 0 Å². The van der Waals surface area contributed by atoms with Crippen LogP contribution in [0.15, 0.2) is 0 Å². The van der Waals surface area contributed by atoms with E-state index >= 15 is 0 Å². The SMILES string of the molecule is CC(C)(C)C1CCCCCC1. The van der Waals surface area contributed by atoms with Crippen LogP contribution in [-0.4, -0.2) is 0 Å². The van der Waals surface area contributed by atoms with Crippen molar-refractivity contribution in [1.29, 1.82) is 0 Å². The minimum absolute atomic E-state index is 0.560. The van der Waals surface area contributed by atoms with Gasteiger partial charge in [-0.15, -0.1) is 0 Å². The van der Waals surface area contributed by atoms with Crippen LogP contribution in [0.2, 0.25) is 0 Å². The van der Waals surface area contributed by atoms with Crippen molar-refractivity contribution in [1.82, 2.24) is 0 Å². The molecule has 0 radical (unpaired) electrons. The van der Waals surface area contributed by atoms with Gasteiger partial charge in [-0.05, 0) is 24.2 Å². The lowest BCUT2D eigenvalue weighted by molar-refractivity contribution is 0.215. The molecule has 0 heterocycles. The van der Waals surface area contributed by atoms with Crippen molar-refractivity contribution < 1.29 is 0 Å². The molecule has 0 aromatic heterocycles. The quantitative estimate of drug-likeness (QED) is 0.463. The summed E-state index contributed by atoms with van der Waals surface area (Å²) in [5.74, 6) is 0.991. The van der Waals surface area contributed by atoms with E-state index in [1.165, 1.54) is 38.5 Å². The summed E-state index contributed by atoms with van der Waals surface area (Å²) in [6.07, 6.45) is 8.86. The van der Waals surface area contributed by atoms with Gasteiger partial charge < -0.3 is 0 Å². The molecule has 0 atom stereocenters. The number of rotatable bonds is 0. The lowest BCUT2D eigenvalue weighted by Crippen LogP contribution is -2.19. The second kappa shape index (κ2) is 3.60. The summed E-state index contributed by atoms with van der Waals surface area (Å²) in [5.41, 5.74) is 0.560. The fourth-order valence-electron chi connectivity index (χ4n) is 2.15. The molecule has 0 nitrogen and oxygen atoms in total. The summed E-state index contributed by atoms with van der Waals surface area (Å²) >= 11 is 0. The predicted octanol–water partition coefficient (Wildman–Crippen LogP) is 4.00. The van der Waals surface area contributed by atoms with E-state index in [9.17, 15) is 0 Å². The summed E-state index contributed by atoms with van der Waals surface area (Å²) < 4.78 is 0. The van der Waals surface area contributed by atoms with Gasteiger partial charge in [0.05, 0.1) is 0 Å². The van der Waals surface area contributed by atoms with Crippen molar-refractivity contribution in [2.75, 3.05) is 0 Å². The average Bonchev–Trinajstić information content (AvgIpc) is 2.10. The topological polar surface area (TPSA) is 0 Å². The van der Waals surface area contributed by atoms with E-state index in [4.69, 9.17) is 0 Å². The molecule has 1 saturated carbocycles. The number of hydrogen-bond acceptors (Lipinski definition) is 0. The Labute approximate surface area is 71.4 Å². The molecule has 0 saturated heterocycles. The smallest absolute Gasteiger partial charge is 0.0354 e. The van der Waals surface area contributed by atoms with Gasteiger partial charge in [-0.25, -0.2) is 0 Å². The Morgan fingerprint density at radius 2 is 1.27 bits per heavy atom. The lowest BCUT2D eigenvalue weighted by Gasteiger charge is -2.29. The fourth-order valence-corrected chi connectivity index (χ4v) is 2.15. The van der Waals surface area contributed by atoms with Gasteiger partial charge in [0, 0.05) is 0 Å². The molecule has 0 unspecified atom stereocenters. The molecule has 0 heteroatoms. The molecule has 0 spiro atoms. The molecule has 1 fully saturated rings. The molecular formula is C11H22. The largest absolute Gasteiger partial charge is 0.0599 e. The Kier molecular flexibility index (Phi) is 2.98. The van der Waals surface area contributed by atoms with E-state index < -0.39 is 0 Å². The Morgan fingerprint density at radius 3 is 1.64 bits per heavy atom. The van der Waals surface area contributed by atoms with Gasteiger partial charge >= 0.3 is 0 Å². The highest BCUT2D eigenvalue weighted by Gasteiger charge is 2.24. The van der Waals surface area contributed by atoms with E-state index in [2.05, 4.69) is 20.8 Å². The third-order valence-corrected chi connectivity index (χ3v) is 3.08. The highest BCUT2D eigenvalue weighted by atomic mass is 14.3. The predicted molar refractivity (Wildman–Crippen MR) is 50.6 cm³/mol. The highest BCUT2D eigenvalue weighted by Crippen LogP contribution is 2.36. The van der Waals surface area contributed by atoms with Crippen molar-refractivity contribution in [3.8, 4) is 0 Å². The molecule has 1 aliphatic rings.